The van der Waals surface area contributed by atoms with Gasteiger partial charge in [0.2, 0.25) is 5.13 Å². The minimum absolute atomic E-state index is 0.156. The predicted octanol–water partition coefficient (Wildman–Crippen LogP) is 2.63. The van der Waals surface area contributed by atoms with Crippen molar-refractivity contribution in [1.82, 2.24) is 15.1 Å². The molecule has 0 aliphatic heterocycles. The fourth-order valence-corrected chi connectivity index (χ4v) is 2.30. The fraction of sp³-hybridized carbons (Fsp3) is 0.357. The first-order chi connectivity index (χ1) is 9.72. The van der Waals surface area contributed by atoms with Crippen LogP contribution in [-0.4, -0.2) is 34.1 Å². The lowest BCUT2D eigenvalue weighted by Crippen LogP contribution is -2.22. The van der Waals surface area contributed by atoms with Crippen molar-refractivity contribution in [1.29, 1.82) is 0 Å². The molecule has 2 rings (SSSR count). The third-order valence-electron chi connectivity index (χ3n) is 3.10. The molecule has 0 radical (unpaired) electrons. The molecule has 20 heavy (non-hydrogen) atoms. The standard InChI is InChI=1S/C14H18N4OS/c1-3-18(4-2)9-11-5-7-12(8-6-11)13(19)16-14-17-15-10-20-14/h5-8,10H,3-4,9H2,1-2H3,(H,16,17,19). The number of rotatable bonds is 6. The van der Waals surface area contributed by atoms with Gasteiger partial charge in [-0.15, -0.1) is 10.2 Å². The van der Waals surface area contributed by atoms with Gasteiger partial charge < -0.3 is 0 Å². The van der Waals surface area contributed by atoms with Crippen LogP contribution in [0.4, 0.5) is 5.13 Å². The van der Waals surface area contributed by atoms with Crippen molar-refractivity contribution in [3.63, 3.8) is 0 Å². The van der Waals surface area contributed by atoms with Crippen molar-refractivity contribution < 1.29 is 4.79 Å². The molecule has 0 fully saturated rings. The molecule has 0 bridgehead atoms. The molecule has 2 aromatic rings. The van der Waals surface area contributed by atoms with Crippen LogP contribution in [0.1, 0.15) is 29.8 Å². The number of benzene rings is 1. The van der Waals surface area contributed by atoms with E-state index in [1.165, 1.54) is 16.9 Å². The summed E-state index contributed by atoms with van der Waals surface area (Å²) in [6.07, 6.45) is 0. The summed E-state index contributed by atoms with van der Waals surface area (Å²) in [6.45, 7) is 7.25. The summed E-state index contributed by atoms with van der Waals surface area (Å²) < 4.78 is 0. The number of anilines is 1. The molecule has 106 valence electrons. The molecule has 0 aliphatic rings. The van der Waals surface area contributed by atoms with Gasteiger partial charge in [0.05, 0.1) is 0 Å². The van der Waals surface area contributed by atoms with E-state index in [-0.39, 0.29) is 5.91 Å². The van der Waals surface area contributed by atoms with Crippen LogP contribution in [0.25, 0.3) is 0 Å². The van der Waals surface area contributed by atoms with Gasteiger partial charge >= 0.3 is 0 Å². The molecule has 5 nitrogen and oxygen atoms in total. The number of carbonyl (C=O) groups is 1. The predicted molar refractivity (Wildman–Crippen MR) is 80.9 cm³/mol. The summed E-state index contributed by atoms with van der Waals surface area (Å²) in [4.78, 5) is 14.3. The van der Waals surface area contributed by atoms with Crippen molar-refractivity contribution in [2.45, 2.75) is 20.4 Å². The normalized spacial score (nSPS) is 10.8. The van der Waals surface area contributed by atoms with Gasteiger partial charge in [-0.2, -0.15) is 0 Å². The van der Waals surface area contributed by atoms with Crippen LogP contribution < -0.4 is 5.32 Å². The van der Waals surface area contributed by atoms with Gasteiger partial charge in [0, 0.05) is 12.1 Å². The van der Waals surface area contributed by atoms with E-state index in [1.54, 1.807) is 5.51 Å². The zero-order valence-corrected chi connectivity index (χ0v) is 12.5. The summed E-state index contributed by atoms with van der Waals surface area (Å²) in [7, 11) is 0. The average Bonchev–Trinajstić information content (AvgIpc) is 2.98. The first kappa shape index (κ1) is 14.6. The molecule has 0 spiro atoms. The van der Waals surface area contributed by atoms with Crippen LogP contribution in [0, 0.1) is 0 Å². The highest BCUT2D eigenvalue weighted by Gasteiger charge is 2.08. The Kier molecular flexibility index (Phi) is 5.20. The van der Waals surface area contributed by atoms with E-state index in [2.05, 4.69) is 34.3 Å². The largest absolute Gasteiger partial charge is 0.300 e. The molecule has 1 aromatic heterocycles. The summed E-state index contributed by atoms with van der Waals surface area (Å²) >= 11 is 1.30. The maximum atomic E-state index is 12.0. The van der Waals surface area contributed by atoms with Crippen molar-refractivity contribution >= 4 is 22.4 Å². The first-order valence-electron chi connectivity index (χ1n) is 6.61. The molecule has 0 atom stereocenters. The molecule has 1 heterocycles. The molecule has 1 aromatic carbocycles. The highest BCUT2D eigenvalue weighted by molar-refractivity contribution is 7.13. The first-order valence-corrected chi connectivity index (χ1v) is 7.49. The van der Waals surface area contributed by atoms with Crippen molar-refractivity contribution in [3.05, 3.63) is 40.9 Å². The van der Waals surface area contributed by atoms with E-state index >= 15 is 0 Å². The number of hydrogen-bond acceptors (Lipinski definition) is 5. The third kappa shape index (κ3) is 3.85. The van der Waals surface area contributed by atoms with Crippen LogP contribution in [0.15, 0.2) is 29.8 Å². The lowest BCUT2D eigenvalue weighted by Gasteiger charge is -2.17. The lowest BCUT2D eigenvalue weighted by molar-refractivity contribution is 0.102. The smallest absolute Gasteiger partial charge is 0.257 e. The van der Waals surface area contributed by atoms with Gasteiger partial charge in [-0.3, -0.25) is 15.0 Å². The highest BCUT2D eigenvalue weighted by Crippen LogP contribution is 2.12. The average molecular weight is 290 g/mol. The number of nitrogens with zero attached hydrogens (tertiary/aromatic N) is 3. The quantitative estimate of drug-likeness (QED) is 0.888. The summed E-state index contributed by atoms with van der Waals surface area (Å²) in [5.41, 5.74) is 3.42. The second-order valence-corrected chi connectivity index (χ2v) is 5.19. The van der Waals surface area contributed by atoms with E-state index in [9.17, 15) is 4.79 Å². The molecule has 1 N–H and O–H groups in total. The zero-order chi connectivity index (χ0) is 14.4. The van der Waals surface area contributed by atoms with Crippen molar-refractivity contribution in [3.8, 4) is 0 Å². The van der Waals surface area contributed by atoms with E-state index in [0.717, 1.165) is 19.6 Å². The Bertz CT molecular complexity index is 535. The van der Waals surface area contributed by atoms with E-state index in [4.69, 9.17) is 0 Å². The summed E-state index contributed by atoms with van der Waals surface area (Å²) in [5.74, 6) is -0.156. The highest BCUT2D eigenvalue weighted by atomic mass is 32.1. The Morgan fingerprint density at radius 2 is 1.95 bits per heavy atom. The molecule has 0 saturated carbocycles. The molecule has 0 saturated heterocycles. The van der Waals surface area contributed by atoms with E-state index in [1.807, 2.05) is 24.3 Å². The molecule has 1 amide bonds. The molecule has 0 aliphatic carbocycles. The molecule has 0 unspecified atom stereocenters. The SMILES string of the molecule is CCN(CC)Cc1ccc(C(=O)Nc2nncs2)cc1. The Balaban J connectivity index is 1.98. The van der Waals surface area contributed by atoms with Gasteiger partial charge in [-0.1, -0.05) is 37.3 Å². The van der Waals surface area contributed by atoms with Crippen LogP contribution in [0.3, 0.4) is 0 Å². The zero-order valence-electron chi connectivity index (χ0n) is 11.7. The van der Waals surface area contributed by atoms with Crippen LogP contribution in [-0.2, 0) is 6.54 Å². The lowest BCUT2D eigenvalue weighted by atomic mass is 10.1. The molecular formula is C14H18N4OS. The second-order valence-electron chi connectivity index (χ2n) is 4.36. The minimum Gasteiger partial charge on any atom is -0.300 e. The number of hydrogen-bond donors (Lipinski definition) is 1. The van der Waals surface area contributed by atoms with Gasteiger partial charge in [0.15, 0.2) is 0 Å². The second kappa shape index (κ2) is 7.12. The Morgan fingerprint density at radius 3 is 2.50 bits per heavy atom. The van der Waals surface area contributed by atoms with Gasteiger partial charge in [-0.05, 0) is 30.8 Å². The van der Waals surface area contributed by atoms with Gasteiger partial charge in [-0.25, -0.2) is 0 Å². The number of nitrogens with one attached hydrogen (secondary N) is 1. The van der Waals surface area contributed by atoms with Crippen LogP contribution in [0.2, 0.25) is 0 Å². The van der Waals surface area contributed by atoms with Gasteiger partial charge in [0.25, 0.3) is 5.91 Å². The van der Waals surface area contributed by atoms with E-state index < -0.39 is 0 Å². The van der Waals surface area contributed by atoms with E-state index in [0.29, 0.717) is 10.7 Å². The fourth-order valence-electron chi connectivity index (χ4n) is 1.86. The Morgan fingerprint density at radius 1 is 1.25 bits per heavy atom. The van der Waals surface area contributed by atoms with Crippen LogP contribution >= 0.6 is 11.3 Å². The maximum Gasteiger partial charge on any atom is 0.257 e. The molecule has 6 heteroatoms. The summed E-state index contributed by atoms with van der Waals surface area (Å²) in [6, 6.07) is 7.67. The number of aromatic nitrogens is 2. The van der Waals surface area contributed by atoms with Crippen molar-refractivity contribution in [2.24, 2.45) is 0 Å². The van der Waals surface area contributed by atoms with Crippen molar-refractivity contribution in [2.75, 3.05) is 18.4 Å². The molecular weight excluding hydrogens is 272 g/mol. The third-order valence-corrected chi connectivity index (χ3v) is 3.70. The minimum atomic E-state index is -0.156. The van der Waals surface area contributed by atoms with Crippen LogP contribution in [0.5, 0.6) is 0 Å². The Hall–Kier alpha value is -1.79. The number of carbonyl (C=O) groups excluding carboxylic acids is 1. The maximum absolute atomic E-state index is 12.0. The summed E-state index contributed by atoms with van der Waals surface area (Å²) in [5, 5.41) is 10.7. The topological polar surface area (TPSA) is 58.1 Å². The van der Waals surface area contributed by atoms with Gasteiger partial charge in [0.1, 0.15) is 5.51 Å². The monoisotopic (exact) mass is 290 g/mol. The number of amides is 1. The Labute approximate surface area is 122 Å².